The fraction of sp³-hybridized carbons (Fsp3) is 1.00. The topological polar surface area (TPSA) is 15.3 Å². The van der Waals surface area contributed by atoms with E-state index in [0.717, 1.165) is 23.9 Å². The SMILES string of the molecule is CCCC(CC)N1CC(C(C)CC)NCC1C(C)C. The lowest BCUT2D eigenvalue weighted by Crippen LogP contribution is -2.62. The van der Waals surface area contributed by atoms with Crippen LogP contribution in [-0.4, -0.2) is 36.1 Å². The van der Waals surface area contributed by atoms with Gasteiger partial charge in [-0.15, -0.1) is 0 Å². The standard InChI is InChI=1S/C17H36N2/c1-7-10-15(9-3)19-12-16(14(6)8-2)18-11-17(19)13(4)5/h13-18H,7-12H2,1-6H3. The summed E-state index contributed by atoms with van der Waals surface area (Å²) in [6.07, 6.45) is 5.24. The van der Waals surface area contributed by atoms with Gasteiger partial charge in [0.15, 0.2) is 0 Å². The van der Waals surface area contributed by atoms with Gasteiger partial charge < -0.3 is 5.32 Å². The number of hydrogen-bond donors (Lipinski definition) is 1. The summed E-state index contributed by atoms with van der Waals surface area (Å²) in [6, 6.07) is 2.19. The van der Waals surface area contributed by atoms with Crippen molar-refractivity contribution in [2.24, 2.45) is 11.8 Å². The van der Waals surface area contributed by atoms with Gasteiger partial charge in [-0.25, -0.2) is 0 Å². The molecular formula is C17H36N2. The average molecular weight is 268 g/mol. The molecule has 1 aliphatic heterocycles. The maximum absolute atomic E-state index is 3.81. The molecule has 0 spiro atoms. The number of nitrogens with zero attached hydrogens (tertiary/aromatic N) is 1. The first-order valence-electron chi connectivity index (χ1n) is 8.54. The fourth-order valence-corrected chi connectivity index (χ4v) is 3.46. The molecule has 0 aromatic rings. The van der Waals surface area contributed by atoms with Crippen LogP contribution < -0.4 is 5.32 Å². The van der Waals surface area contributed by atoms with Crippen LogP contribution in [0, 0.1) is 11.8 Å². The normalized spacial score (nSPS) is 28.6. The van der Waals surface area contributed by atoms with Gasteiger partial charge in [-0.3, -0.25) is 4.90 Å². The molecule has 0 aromatic heterocycles. The summed E-state index contributed by atoms with van der Waals surface area (Å²) >= 11 is 0. The van der Waals surface area contributed by atoms with E-state index in [4.69, 9.17) is 0 Å². The van der Waals surface area contributed by atoms with E-state index >= 15 is 0 Å². The smallest absolute Gasteiger partial charge is 0.0247 e. The molecule has 2 heteroatoms. The molecule has 0 bridgehead atoms. The zero-order valence-corrected chi connectivity index (χ0v) is 14.1. The van der Waals surface area contributed by atoms with Gasteiger partial charge in [-0.05, 0) is 24.7 Å². The molecule has 1 saturated heterocycles. The van der Waals surface area contributed by atoms with Crippen LogP contribution in [0.15, 0.2) is 0 Å². The number of nitrogens with one attached hydrogen (secondary N) is 1. The maximum Gasteiger partial charge on any atom is 0.0247 e. The third-order valence-corrected chi connectivity index (χ3v) is 5.09. The van der Waals surface area contributed by atoms with Crippen LogP contribution in [0.2, 0.25) is 0 Å². The molecule has 1 heterocycles. The Bertz CT molecular complexity index is 239. The van der Waals surface area contributed by atoms with Gasteiger partial charge in [0.25, 0.3) is 0 Å². The fourth-order valence-electron chi connectivity index (χ4n) is 3.46. The minimum absolute atomic E-state index is 0.686. The summed E-state index contributed by atoms with van der Waals surface area (Å²) in [5.41, 5.74) is 0. The van der Waals surface area contributed by atoms with Gasteiger partial charge in [0.1, 0.15) is 0 Å². The van der Waals surface area contributed by atoms with E-state index < -0.39 is 0 Å². The van der Waals surface area contributed by atoms with Crippen LogP contribution in [0.1, 0.15) is 67.2 Å². The highest BCUT2D eigenvalue weighted by atomic mass is 15.3. The number of piperazine rings is 1. The highest BCUT2D eigenvalue weighted by molar-refractivity contribution is 4.92. The Balaban J connectivity index is 2.77. The van der Waals surface area contributed by atoms with Gasteiger partial charge >= 0.3 is 0 Å². The monoisotopic (exact) mass is 268 g/mol. The Morgan fingerprint density at radius 3 is 2.26 bits per heavy atom. The van der Waals surface area contributed by atoms with Gasteiger partial charge in [-0.1, -0.05) is 54.4 Å². The van der Waals surface area contributed by atoms with E-state index in [1.807, 2.05) is 0 Å². The first kappa shape index (κ1) is 17.0. The second-order valence-corrected chi connectivity index (χ2v) is 6.76. The second-order valence-electron chi connectivity index (χ2n) is 6.76. The van der Waals surface area contributed by atoms with Crippen LogP contribution in [0.25, 0.3) is 0 Å². The Morgan fingerprint density at radius 2 is 1.79 bits per heavy atom. The van der Waals surface area contributed by atoms with Gasteiger partial charge in [-0.2, -0.15) is 0 Å². The van der Waals surface area contributed by atoms with Crippen molar-refractivity contribution in [3.63, 3.8) is 0 Å². The first-order chi connectivity index (χ1) is 9.04. The molecule has 2 nitrogen and oxygen atoms in total. The molecule has 4 unspecified atom stereocenters. The lowest BCUT2D eigenvalue weighted by atomic mass is 9.89. The van der Waals surface area contributed by atoms with Gasteiger partial charge in [0.05, 0.1) is 0 Å². The van der Waals surface area contributed by atoms with Gasteiger partial charge in [0.2, 0.25) is 0 Å². The summed E-state index contributed by atoms with van der Waals surface area (Å²) in [7, 11) is 0. The minimum Gasteiger partial charge on any atom is -0.311 e. The van der Waals surface area contributed by atoms with Crippen molar-refractivity contribution in [2.75, 3.05) is 13.1 Å². The molecule has 19 heavy (non-hydrogen) atoms. The highest BCUT2D eigenvalue weighted by Crippen LogP contribution is 2.25. The van der Waals surface area contributed by atoms with Crippen LogP contribution in [-0.2, 0) is 0 Å². The summed E-state index contributed by atoms with van der Waals surface area (Å²) < 4.78 is 0. The van der Waals surface area contributed by atoms with Crippen molar-refractivity contribution in [1.29, 1.82) is 0 Å². The quantitative estimate of drug-likeness (QED) is 0.753. The third-order valence-electron chi connectivity index (χ3n) is 5.09. The highest BCUT2D eigenvalue weighted by Gasteiger charge is 2.34. The molecule has 0 radical (unpaired) electrons. The van der Waals surface area contributed by atoms with Crippen LogP contribution in [0.3, 0.4) is 0 Å². The molecule has 1 fully saturated rings. The molecule has 1 N–H and O–H groups in total. The second kappa shape index (κ2) is 8.26. The summed E-state index contributed by atoms with van der Waals surface area (Å²) in [5.74, 6) is 1.53. The first-order valence-corrected chi connectivity index (χ1v) is 8.54. The van der Waals surface area contributed by atoms with Crippen LogP contribution >= 0.6 is 0 Å². The number of hydrogen-bond acceptors (Lipinski definition) is 2. The largest absolute Gasteiger partial charge is 0.311 e. The van der Waals surface area contributed by atoms with Crippen molar-refractivity contribution in [2.45, 2.75) is 85.4 Å². The zero-order valence-electron chi connectivity index (χ0n) is 14.1. The van der Waals surface area contributed by atoms with E-state index in [0.29, 0.717) is 6.04 Å². The lowest BCUT2D eigenvalue weighted by molar-refractivity contribution is 0.0377. The van der Waals surface area contributed by atoms with Crippen molar-refractivity contribution in [1.82, 2.24) is 10.2 Å². The predicted molar refractivity (Wildman–Crippen MR) is 85.6 cm³/mol. The van der Waals surface area contributed by atoms with Crippen molar-refractivity contribution >= 4 is 0 Å². The zero-order chi connectivity index (χ0) is 14.4. The van der Waals surface area contributed by atoms with E-state index in [1.54, 1.807) is 0 Å². The molecule has 0 amide bonds. The minimum atomic E-state index is 0.686. The molecule has 0 saturated carbocycles. The molecule has 0 aliphatic carbocycles. The summed E-state index contributed by atoms with van der Waals surface area (Å²) in [4.78, 5) is 2.83. The molecule has 4 atom stereocenters. The van der Waals surface area contributed by atoms with Crippen molar-refractivity contribution in [3.05, 3.63) is 0 Å². The molecule has 0 aromatic carbocycles. The Kier molecular flexibility index (Phi) is 7.38. The van der Waals surface area contributed by atoms with Crippen LogP contribution in [0.5, 0.6) is 0 Å². The third kappa shape index (κ3) is 4.46. The molecule has 1 rings (SSSR count). The molecule has 1 aliphatic rings. The maximum atomic E-state index is 3.81. The molecule has 114 valence electrons. The summed E-state index contributed by atoms with van der Waals surface area (Å²) in [6.45, 7) is 16.6. The van der Waals surface area contributed by atoms with E-state index in [9.17, 15) is 0 Å². The van der Waals surface area contributed by atoms with E-state index in [1.165, 1.54) is 38.8 Å². The van der Waals surface area contributed by atoms with Gasteiger partial charge in [0, 0.05) is 31.2 Å². The Morgan fingerprint density at radius 1 is 1.11 bits per heavy atom. The average Bonchev–Trinajstić information content (AvgIpc) is 2.43. The van der Waals surface area contributed by atoms with E-state index in [2.05, 4.69) is 51.8 Å². The predicted octanol–water partition coefficient (Wildman–Crippen LogP) is 3.91. The Labute approximate surface area is 121 Å². The summed E-state index contributed by atoms with van der Waals surface area (Å²) in [5, 5.41) is 3.81. The van der Waals surface area contributed by atoms with Crippen molar-refractivity contribution in [3.8, 4) is 0 Å². The molecular weight excluding hydrogens is 232 g/mol. The lowest BCUT2D eigenvalue weighted by Gasteiger charge is -2.47. The van der Waals surface area contributed by atoms with Crippen LogP contribution in [0.4, 0.5) is 0 Å². The number of rotatable bonds is 7. The van der Waals surface area contributed by atoms with E-state index in [-0.39, 0.29) is 0 Å². The Hall–Kier alpha value is -0.0800. The van der Waals surface area contributed by atoms with Crippen molar-refractivity contribution < 1.29 is 0 Å².